The number of aromatic hydroxyl groups is 1. The number of nitro groups is 1. The van der Waals surface area contributed by atoms with E-state index in [1.165, 1.54) is 81.1 Å². The minimum Gasteiger partial charge on any atom is -0.507 e. The average Bonchev–Trinajstić information content (AvgIpc) is 3.31. The van der Waals surface area contributed by atoms with Crippen molar-refractivity contribution in [1.29, 1.82) is 0 Å². The van der Waals surface area contributed by atoms with E-state index < -0.39 is 167 Å². The Morgan fingerprint density at radius 2 is 1.31 bits per heavy atom. The molecule has 0 amide bonds. The number of carbonyl (C=O) groups excluding carboxylic acids is 2. The Morgan fingerprint density at radius 1 is 0.733 bits per heavy atom. The number of phenolic OH excluding ortho intramolecular Hbond substituents is 1. The number of ketones is 2. The molecular formula is C51H70N2O22. The first-order valence-corrected chi connectivity index (χ1v) is 25.0. The molecule has 4 fully saturated rings. The Balaban J connectivity index is 1.08. The fraction of sp³-hybridized carbons (Fsp3) is 0.725. The summed E-state index contributed by atoms with van der Waals surface area (Å²) in [5.74, 6) is -2.37. The van der Waals surface area contributed by atoms with Crippen LogP contribution in [0.25, 0.3) is 0 Å². The second-order valence-corrected chi connectivity index (χ2v) is 22.4. The molecule has 7 aliphatic rings. The number of nitrogens with zero attached hydrogens (tertiary/aromatic N) is 2. The maximum atomic E-state index is 15.3. The molecule has 5 heterocycles. The lowest BCUT2D eigenvalue weighted by Crippen LogP contribution is -2.71. The highest BCUT2D eigenvalue weighted by Gasteiger charge is 2.64. The van der Waals surface area contributed by atoms with Crippen LogP contribution in [0.3, 0.4) is 0 Å². The summed E-state index contributed by atoms with van der Waals surface area (Å²) in [6, 6.07) is 3.39. The predicted octanol–water partition coefficient (Wildman–Crippen LogP) is 0.487. The summed E-state index contributed by atoms with van der Waals surface area (Å²) < 4.78 is 67.7. The summed E-state index contributed by atoms with van der Waals surface area (Å²) in [4.78, 5) is 44.4. The smallest absolute Gasteiger partial charge is 0.252 e. The number of rotatable bonds is 11. The third kappa shape index (κ3) is 8.45. The van der Waals surface area contributed by atoms with E-state index in [1.807, 2.05) is 0 Å². The first-order chi connectivity index (χ1) is 34.9. The molecule has 0 aromatic heterocycles. The number of methoxy groups -OCH3 is 3. The quantitative estimate of drug-likeness (QED) is 0.101. The van der Waals surface area contributed by atoms with Gasteiger partial charge in [-0.15, -0.1) is 0 Å². The minimum atomic E-state index is -1.95. The Morgan fingerprint density at radius 3 is 1.85 bits per heavy atom. The first kappa shape index (κ1) is 55.8. The third-order valence-electron chi connectivity index (χ3n) is 16.9. The zero-order chi connectivity index (χ0) is 55.1. The van der Waals surface area contributed by atoms with Crippen molar-refractivity contribution in [3.63, 3.8) is 0 Å². The van der Waals surface area contributed by atoms with Crippen LogP contribution in [0.15, 0.2) is 18.2 Å². The van der Waals surface area contributed by atoms with Crippen LogP contribution in [0.5, 0.6) is 11.5 Å². The molecule has 2 aromatic carbocycles. The zero-order valence-corrected chi connectivity index (χ0v) is 44.1. The number of hydrogen-bond donors (Lipinski definition) is 7. The number of phenols is 1. The number of fused-ring (bicyclic) bond motifs is 8. The number of aliphatic hydroxyl groups is 6. The van der Waals surface area contributed by atoms with Crippen LogP contribution >= 0.6 is 0 Å². The van der Waals surface area contributed by atoms with E-state index >= 15 is 4.79 Å². The van der Waals surface area contributed by atoms with Crippen molar-refractivity contribution in [2.45, 2.75) is 201 Å². The molecule has 9 rings (SSSR count). The molecule has 0 spiro atoms. The van der Waals surface area contributed by atoms with E-state index in [4.69, 9.17) is 52.1 Å². The zero-order valence-electron chi connectivity index (χ0n) is 44.1. The highest BCUT2D eigenvalue weighted by Crippen LogP contribution is 2.55. The molecular weight excluding hydrogens is 993 g/mol. The van der Waals surface area contributed by atoms with Crippen molar-refractivity contribution >= 4 is 11.6 Å². The van der Waals surface area contributed by atoms with Gasteiger partial charge in [0.25, 0.3) is 5.54 Å². The van der Waals surface area contributed by atoms with Crippen LogP contribution in [0.4, 0.5) is 0 Å². The van der Waals surface area contributed by atoms with Gasteiger partial charge in [0, 0.05) is 61.9 Å². The van der Waals surface area contributed by atoms with Crippen molar-refractivity contribution < 1.29 is 102 Å². The summed E-state index contributed by atoms with van der Waals surface area (Å²) in [6.45, 7) is 11.7. The van der Waals surface area contributed by atoms with E-state index in [0.29, 0.717) is 0 Å². The number of ether oxygens (including phenoxy) is 11. The van der Waals surface area contributed by atoms with E-state index in [9.17, 15) is 50.7 Å². The normalized spacial score (nSPS) is 45.3. The number of likely N-dealkylation sites (N-methyl/N-ethyl adjacent to an activating group) is 1. The molecule has 2 aromatic rings. The van der Waals surface area contributed by atoms with Crippen LogP contribution in [0.1, 0.15) is 116 Å². The van der Waals surface area contributed by atoms with Gasteiger partial charge in [-0.1, -0.05) is 6.07 Å². The second-order valence-electron chi connectivity index (χ2n) is 22.4. The van der Waals surface area contributed by atoms with Gasteiger partial charge in [0.2, 0.25) is 12.1 Å². The molecule has 24 nitrogen and oxygen atoms in total. The summed E-state index contributed by atoms with van der Waals surface area (Å²) in [5.41, 5.74) is -9.67. The second kappa shape index (κ2) is 19.2. The Kier molecular flexibility index (Phi) is 14.3. The predicted molar refractivity (Wildman–Crippen MR) is 254 cm³/mol. The lowest BCUT2D eigenvalue weighted by molar-refractivity contribution is -0.600. The molecule has 416 valence electrons. The van der Waals surface area contributed by atoms with E-state index in [0.717, 1.165) is 0 Å². The monoisotopic (exact) mass is 1060 g/mol. The molecule has 4 saturated heterocycles. The molecule has 22 atom stereocenters. The fourth-order valence-electron chi connectivity index (χ4n) is 12.9. The standard InChI is InChI=1S/C51H70N2O22/c1-19-37(58)49(6,61)42(66-12)45(69-19)73-36-27-22(17-48(5,60)41(36)65-11)16-24-28(32(27)55)33(56)29-23(31(24)54)14-15-25-35(29)72-44-34(57)30(52(9)10)40(51(25,8)75-44)71-26-18-47(4,53(63)64)39(21(3)68-26)74-46-43(67-13)50(7,62)38(59)20(2)70-46/h14-16,19-21,26,30,34,36-46,55,57-62H,17-18H2,1-13H3/t19?,20?,21?,26?,30-,34-,36+,37?,38?,39?,40-,41+,42?,43?,44-,45?,46?,47?,48+,49?,50?,51-/m0/s1. The molecule has 75 heavy (non-hydrogen) atoms. The number of hydrogen-bond acceptors (Lipinski definition) is 23. The largest absolute Gasteiger partial charge is 0.507 e. The molecule has 2 aliphatic carbocycles. The van der Waals surface area contributed by atoms with Gasteiger partial charge < -0.3 is 92.8 Å². The Labute approximate surface area is 432 Å². The third-order valence-corrected chi connectivity index (χ3v) is 16.9. The lowest BCUT2D eigenvalue weighted by Gasteiger charge is -2.56. The first-order valence-electron chi connectivity index (χ1n) is 25.0. The number of carbonyl (C=O) groups is 2. The lowest BCUT2D eigenvalue weighted by atomic mass is 9.71. The SMILES string of the molecule is COC1C(OC2C(C)OC(O[C@H]3[C@@H](N(C)C)[C@H](O)[C@H]4Oc5c(ccc6c5C(=O)c5c(cc7c(c5O)[C@@H](OC5OC(C)C(O)C(C)(O)C5OC)[C@@H](OC)[C@](C)(O)C7)C6=O)[C@]3(C)O4)CC2(C)[N+](=O)[O-])OC(C)C(O)C1(C)O. The van der Waals surface area contributed by atoms with E-state index in [-0.39, 0.29) is 45.6 Å². The fourth-order valence-corrected chi connectivity index (χ4v) is 12.9. The molecule has 0 saturated carbocycles. The van der Waals surface area contributed by atoms with Crippen LogP contribution in [0, 0.1) is 10.1 Å². The van der Waals surface area contributed by atoms with Crippen molar-refractivity contribution in [3.8, 4) is 11.5 Å². The molecule has 24 heteroatoms. The van der Waals surface area contributed by atoms with Gasteiger partial charge in [0.1, 0.15) is 77.1 Å². The highest BCUT2D eigenvalue weighted by atomic mass is 16.8. The summed E-state index contributed by atoms with van der Waals surface area (Å²) >= 11 is 0. The van der Waals surface area contributed by atoms with Crippen molar-refractivity contribution in [2.24, 2.45) is 0 Å². The van der Waals surface area contributed by atoms with Crippen LogP contribution in [-0.2, 0) is 59.4 Å². The summed E-state index contributed by atoms with van der Waals surface area (Å²) in [6.07, 6.45) is -21.4. The van der Waals surface area contributed by atoms with E-state index in [2.05, 4.69) is 0 Å². The minimum absolute atomic E-state index is 0.0229. The summed E-state index contributed by atoms with van der Waals surface area (Å²) in [5, 5.41) is 93.8. The number of benzene rings is 2. The average molecular weight is 1060 g/mol. The van der Waals surface area contributed by atoms with Crippen LogP contribution in [0.2, 0.25) is 0 Å². The van der Waals surface area contributed by atoms with E-state index in [1.54, 1.807) is 32.8 Å². The van der Waals surface area contributed by atoms with Gasteiger partial charge in [-0.25, -0.2) is 0 Å². The molecule has 0 radical (unpaired) electrons. The van der Waals surface area contributed by atoms with Crippen LogP contribution < -0.4 is 4.74 Å². The van der Waals surface area contributed by atoms with Crippen molar-refractivity contribution in [2.75, 3.05) is 35.4 Å². The van der Waals surface area contributed by atoms with Gasteiger partial charge >= 0.3 is 0 Å². The summed E-state index contributed by atoms with van der Waals surface area (Å²) in [7, 11) is 7.23. The highest BCUT2D eigenvalue weighted by molar-refractivity contribution is 6.30. The van der Waals surface area contributed by atoms with Gasteiger partial charge in [-0.3, -0.25) is 19.7 Å². The van der Waals surface area contributed by atoms with Gasteiger partial charge in [-0.2, -0.15) is 0 Å². The Bertz CT molecular complexity index is 2590. The Hall–Kier alpha value is -3.90. The molecule has 7 N–H and O–H groups in total. The van der Waals surface area contributed by atoms with Gasteiger partial charge in [-0.05, 0) is 80.3 Å². The topological polar surface area (TPSA) is 324 Å². The number of aliphatic hydroxyl groups excluding tert-OH is 3. The molecule has 5 aliphatic heterocycles. The maximum absolute atomic E-state index is 15.3. The molecule has 2 bridgehead atoms. The van der Waals surface area contributed by atoms with Crippen molar-refractivity contribution in [1.82, 2.24) is 4.90 Å². The maximum Gasteiger partial charge on any atom is 0.252 e. The van der Waals surface area contributed by atoms with Gasteiger partial charge in [0.05, 0.1) is 47.5 Å². The molecule has 14 unspecified atom stereocenters. The van der Waals surface area contributed by atoms with Gasteiger partial charge in [0.15, 0.2) is 30.8 Å². The van der Waals surface area contributed by atoms with Crippen molar-refractivity contribution in [3.05, 3.63) is 67.3 Å². The van der Waals surface area contributed by atoms with Crippen LogP contribution in [-0.4, -0.2) is 213 Å².